The highest BCUT2D eigenvalue weighted by Gasteiger charge is 2.10. The summed E-state index contributed by atoms with van der Waals surface area (Å²) in [4.78, 5) is 12.1. The predicted molar refractivity (Wildman–Crippen MR) is 81.4 cm³/mol. The second kappa shape index (κ2) is 7.08. The maximum atomic E-state index is 5.88. The van der Waals surface area contributed by atoms with E-state index in [1.54, 1.807) is 13.2 Å². The number of aromatic nitrogens is 3. The second-order valence-corrected chi connectivity index (χ2v) is 4.73. The summed E-state index contributed by atoms with van der Waals surface area (Å²) in [5.41, 5.74) is 1.07. The van der Waals surface area contributed by atoms with Crippen molar-refractivity contribution in [2.24, 2.45) is 0 Å². The minimum atomic E-state index is 0.0738. The minimum absolute atomic E-state index is 0.0738. The third kappa shape index (κ3) is 4.19. The Balaban J connectivity index is 2.24. The van der Waals surface area contributed by atoms with Gasteiger partial charge >= 0.3 is 6.01 Å². The van der Waals surface area contributed by atoms with Crippen molar-refractivity contribution in [1.82, 2.24) is 15.0 Å². The van der Waals surface area contributed by atoms with E-state index in [0.29, 0.717) is 17.4 Å². The quantitative estimate of drug-likeness (QED) is 0.881. The number of aryl methyl sites for hydroxylation is 1. The molecule has 0 saturated heterocycles. The SMILES string of the molecule is CCCNc1nc(Cl)nc(Oc2ccc(C)cc2OC)n1. The molecular formula is C14H17ClN4O2. The summed E-state index contributed by atoms with van der Waals surface area (Å²) in [5.74, 6) is 1.51. The van der Waals surface area contributed by atoms with Gasteiger partial charge in [0.1, 0.15) is 0 Å². The van der Waals surface area contributed by atoms with Crippen molar-refractivity contribution < 1.29 is 9.47 Å². The van der Waals surface area contributed by atoms with Gasteiger partial charge in [-0.1, -0.05) is 13.0 Å². The summed E-state index contributed by atoms with van der Waals surface area (Å²) < 4.78 is 10.9. The molecule has 0 bridgehead atoms. The molecule has 0 aliphatic rings. The molecule has 1 aromatic carbocycles. The lowest BCUT2D eigenvalue weighted by Crippen LogP contribution is -2.06. The predicted octanol–water partition coefficient (Wildman–Crippen LogP) is 3.46. The molecule has 0 radical (unpaired) electrons. The van der Waals surface area contributed by atoms with Crippen LogP contribution in [0.15, 0.2) is 18.2 Å². The van der Waals surface area contributed by atoms with Gasteiger partial charge < -0.3 is 14.8 Å². The van der Waals surface area contributed by atoms with Crippen LogP contribution in [0.2, 0.25) is 5.28 Å². The Kier molecular flexibility index (Phi) is 5.16. The highest BCUT2D eigenvalue weighted by Crippen LogP contribution is 2.31. The molecule has 6 nitrogen and oxygen atoms in total. The summed E-state index contributed by atoms with van der Waals surface area (Å²) in [6.07, 6.45) is 0.950. The lowest BCUT2D eigenvalue weighted by molar-refractivity contribution is 0.367. The Bertz CT molecular complexity index is 622. The van der Waals surface area contributed by atoms with E-state index in [0.717, 1.165) is 18.5 Å². The van der Waals surface area contributed by atoms with E-state index in [-0.39, 0.29) is 11.3 Å². The average Bonchev–Trinajstić information content (AvgIpc) is 2.46. The Hall–Kier alpha value is -2.08. The Morgan fingerprint density at radius 1 is 1.19 bits per heavy atom. The molecule has 0 aliphatic heterocycles. The van der Waals surface area contributed by atoms with Crippen molar-refractivity contribution >= 4 is 17.5 Å². The standard InChI is InChI=1S/C14H17ClN4O2/c1-4-7-16-13-17-12(15)18-14(19-13)21-10-6-5-9(2)8-11(10)20-3/h5-6,8H,4,7H2,1-3H3,(H,16,17,18,19). The van der Waals surface area contributed by atoms with Gasteiger partial charge in [0.05, 0.1) is 7.11 Å². The molecule has 2 rings (SSSR count). The third-order valence-electron chi connectivity index (χ3n) is 2.64. The highest BCUT2D eigenvalue weighted by molar-refractivity contribution is 6.28. The maximum absolute atomic E-state index is 5.88. The van der Waals surface area contributed by atoms with Crippen LogP contribution in [0.3, 0.4) is 0 Å². The zero-order valence-electron chi connectivity index (χ0n) is 12.2. The number of hydrogen-bond donors (Lipinski definition) is 1. The van der Waals surface area contributed by atoms with Crippen LogP contribution in [0.25, 0.3) is 0 Å². The van der Waals surface area contributed by atoms with E-state index in [2.05, 4.69) is 20.3 Å². The number of ether oxygens (including phenoxy) is 2. The molecule has 1 heterocycles. The summed E-state index contributed by atoms with van der Waals surface area (Å²) in [5, 5.41) is 3.11. The van der Waals surface area contributed by atoms with Crippen LogP contribution in [0.1, 0.15) is 18.9 Å². The van der Waals surface area contributed by atoms with Crippen molar-refractivity contribution in [3.8, 4) is 17.5 Å². The van der Waals surface area contributed by atoms with E-state index in [9.17, 15) is 0 Å². The molecule has 2 aromatic rings. The van der Waals surface area contributed by atoms with Crippen LogP contribution in [0, 0.1) is 6.92 Å². The van der Waals surface area contributed by atoms with Gasteiger partial charge in [0, 0.05) is 6.54 Å². The highest BCUT2D eigenvalue weighted by atomic mass is 35.5. The lowest BCUT2D eigenvalue weighted by Gasteiger charge is -2.10. The minimum Gasteiger partial charge on any atom is -0.493 e. The van der Waals surface area contributed by atoms with Crippen LogP contribution in [0.5, 0.6) is 17.5 Å². The third-order valence-corrected chi connectivity index (χ3v) is 2.81. The van der Waals surface area contributed by atoms with Crippen molar-refractivity contribution in [3.63, 3.8) is 0 Å². The van der Waals surface area contributed by atoms with Crippen molar-refractivity contribution in [3.05, 3.63) is 29.0 Å². The normalized spacial score (nSPS) is 10.3. The molecule has 1 N–H and O–H groups in total. The first-order valence-corrected chi connectivity index (χ1v) is 6.98. The van der Waals surface area contributed by atoms with Gasteiger partial charge in [-0.25, -0.2) is 0 Å². The fraction of sp³-hybridized carbons (Fsp3) is 0.357. The molecule has 0 fully saturated rings. The van der Waals surface area contributed by atoms with Gasteiger partial charge in [-0.05, 0) is 42.6 Å². The summed E-state index contributed by atoms with van der Waals surface area (Å²) in [7, 11) is 1.58. The van der Waals surface area contributed by atoms with Gasteiger partial charge in [0.15, 0.2) is 11.5 Å². The van der Waals surface area contributed by atoms with E-state index in [1.807, 2.05) is 26.0 Å². The van der Waals surface area contributed by atoms with E-state index in [1.165, 1.54) is 0 Å². The molecule has 0 amide bonds. The van der Waals surface area contributed by atoms with E-state index < -0.39 is 0 Å². The monoisotopic (exact) mass is 308 g/mol. The summed E-state index contributed by atoms with van der Waals surface area (Å²) >= 11 is 5.88. The first-order valence-electron chi connectivity index (χ1n) is 6.60. The van der Waals surface area contributed by atoms with E-state index in [4.69, 9.17) is 21.1 Å². The number of anilines is 1. The fourth-order valence-corrected chi connectivity index (χ4v) is 1.80. The van der Waals surface area contributed by atoms with Crippen molar-refractivity contribution in [1.29, 1.82) is 0 Å². The largest absolute Gasteiger partial charge is 0.493 e. The molecule has 0 saturated carbocycles. The second-order valence-electron chi connectivity index (χ2n) is 4.39. The summed E-state index contributed by atoms with van der Waals surface area (Å²) in [6, 6.07) is 5.70. The van der Waals surface area contributed by atoms with E-state index >= 15 is 0 Å². The first-order chi connectivity index (χ1) is 10.1. The Morgan fingerprint density at radius 3 is 2.71 bits per heavy atom. The number of methoxy groups -OCH3 is 1. The van der Waals surface area contributed by atoms with Crippen LogP contribution in [-0.4, -0.2) is 28.6 Å². The summed E-state index contributed by atoms with van der Waals surface area (Å²) in [6.45, 7) is 4.76. The van der Waals surface area contributed by atoms with Crippen LogP contribution in [-0.2, 0) is 0 Å². The van der Waals surface area contributed by atoms with Crippen LogP contribution < -0.4 is 14.8 Å². The lowest BCUT2D eigenvalue weighted by atomic mass is 10.2. The fourth-order valence-electron chi connectivity index (χ4n) is 1.65. The van der Waals surface area contributed by atoms with Gasteiger partial charge in [0.2, 0.25) is 11.2 Å². The maximum Gasteiger partial charge on any atom is 0.328 e. The van der Waals surface area contributed by atoms with Gasteiger partial charge in [-0.15, -0.1) is 0 Å². The molecule has 0 aliphatic carbocycles. The van der Waals surface area contributed by atoms with Gasteiger partial charge in [-0.2, -0.15) is 15.0 Å². The first kappa shape index (κ1) is 15.3. The molecule has 112 valence electrons. The molecule has 0 spiro atoms. The molecule has 0 atom stereocenters. The number of halogens is 1. The molecule has 0 unspecified atom stereocenters. The van der Waals surface area contributed by atoms with Crippen LogP contribution >= 0.6 is 11.6 Å². The Morgan fingerprint density at radius 2 is 2.00 bits per heavy atom. The molecule has 7 heteroatoms. The number of nitrogens with one attached hydrogen (secondary N) is 1. The van der Waals surface area contributed by atoms with Gasteiger partial charge in [-0.3, -0.25) is 0 Å². The average molecular weight is 309 g/mol. The topological polar surface area (TPSA) is 69.2 Å². The number of benzene rings is 1. The molecular weight excluding hydrogens is 292 g/mol. The number of nitrogens with zero attached hydrogens (tertiary/aromatic N) is 3. The zero-order chi connectivity index (χ0) is 15.2. The van der Waals surface area contributed by atoms with Crippen molar-refractivity contribution in [2.75, 3.05) is 19.0 Å². The van der Waals surface area contributed by atoms with Gasteiger partial charge in [0.25, 0.3) is 0 Å². The van der Waals surface area contributed by atoms with Crippen LogP contribution in [0.4, 0.5) is 5.95 Å². The molecule has 1 aromatic heterocycles. The smallest absolute Gasteiger partial charge is 0.328 e. The van der Waals surface area contributed by atoms with Crippen molar-refractivity contribution in [2.45, 2.75) is 20.3 Å². The Labute approximate surface area is 128 Å². The number of hydrogen-bond acceptors (Lipinski definition) is 6. The zero-order valence-corrected chi connectivity index (χ0v) is 12.9. The number of rotatable bonds is 6. The molecule has 21 heavy (non-hydrogen) atoms.